The Hall–Kier alpha value is -0.860. The Morgan fingerprint density at radius 3 is 1.74 bits per heavy atom. The van der Waals surface area contributed by atoms with Gasteiger partial charge in [0.2, 0.25) is 0 Å². The highest BCUT2D eigenvalue weighted by Gasteiger charge is 2.24. The first-order valence-corrected chi connectivity index (χ1v) is 11.6. The average Bonchev–Trinajstić information content (AvgIpc) is 2.67. The summed E-state index contributed by atoms with van der Waals surface area (Å²) in [4.78, 5) is 0. The van der Waals surface area contributed by atoms with Gasteiger partial charge in [-0.05, 0) is 24.8 Å². The lowest BCUT2D eigenvalue weighted by atomic mass is 10.0. The second-order valence-electron chi connectivity index (χ2n) is 8.90. The van der Waals surface area contributed by atoms with Gasteiger partial charge in [0.25, 0.3) is 0 Å². The predicted octanol–water partition coefficient (Wildman–Crippen LogP) is 6.72. The lowest BCUT2D eigenvalue weighted by Crippen LogP contribution is -2.49. The Morgan fingerprint density at radius 1 is 0.741 bits per heavy atom. The Balaban J connectivity index is 1.99. The van der Waals surface area contributed by atoms with Crippen LogP contribution in [0.25, 0.3) is 0 Å². The van der Waals surface area contributed by atoms with Crippen molar-refractivity contribution in [2.45, 2.75) is 103 Å². The number of rotatable bonds is 17. The summed E-state index contributed by atoms with van der Waals surface area (Å²) in [5, 5.41) is 10.6. The molecule has 1 N–H and O–H groups in total. The third-order valence-electron chi connectivity index (χ3n) is 5.93. The first-order valence-electron chi connectivity index (χ1n) is 11.6. The predicted molar refractivity (Wildman–Crippen MR) is 119 cm³/mol. The summed E-state index contributed by atoms with van der Waals surface area (Å²) in [5.74, 6) is 0. The topological polar surface area (TPSA) is 20.2 Å². The molecule has 0 aromatic heterocycles. The van der Waals surface area contributed by atoms with Crippen molar-refractivity contribution in [3.8, 4) is 0 Å². The van der Waals surface area contributed by atoms with Crippen molar-refractivity contribution in [2.24, 2.45) is 0 Å². The van der Waals surface area contributed by atoms with E-state index in [1.165, 1.54) is 82.6 Å². The molecule has 1 atom stereocenters. The van der Waals surface area contributed by atoms with E-state index in [-0.39, 0.29) is 6.23 Å². The summed E-state index contributed by atoms with van der Waals surface area (Å²) in [6.07, 6.45) is 18.1. The number of benzene rings is 1. The molecule has 0 heterocycles. The molecule has 0 spiro atoms. The summed E-state index contributed by atoms with van der Waals surface area (Å²) in [6.45, 7) is 3.36. The third-order valence-corrected chi connectivity index (χ3v) is 5.93. The Morgan fingerprint density at radius 2 is 1.22 bits per heavy atom. The number of unbranched alkanes of at least 4 members (excludes halogenated alkanes) is 11. The SMILES string of the molecule is CCCCCCCCCCCCCC[N+](C)(C)[C@@H](O)CCc1ccccc1. The van der Waals surface area contributed by atoms with Crippen molar-refractivity contribution in [1.82, 2.24) is 0 Å². The first-order chi connectivity index (χ1) is 13.1. The molecular formula is C25H46NO+. The fourth-order valence-electron chi connectivity index (χ4n) is 3.80. The summed E-state index contributed by atoms with van der Waals surface area (Å²) < 4.78 is 0.727. The molecule has 0 fully saturated rings. The maximum atomic E-state index is 10.6. The number of aliphatic hydroxyl groups is 1. The van der Waals surface area contributed by atoms with Crippen LogP contribution >= 0.6 is 0 Å². The monoisotopic (exact) mass is 376 g/mol. The van der Waals surface area contributed by atoms with Crippen molar-refractivity contribution in [2.75, 3.05) is 20.6 Å². The number of aliphatic hydroxyl groups excluding tert-OH is 1. The molecule has 0 radical (unpaired) electrons. The molecule has 0 aliphatic carbocycles. The summed E-state index contributed by atoms with van der Waals surface area (Å²) in [7, 11) is 4.35. The highest BCUT2D eigenvalue weighted by atomic mass is 16.3. The van der Waals surface area contributed by atoms with Gasteiger partial charge in [-0.15, -0.1) is 0 Å². The fourth-order valence-corrected chi connectivity index (χ4v) is 3.80. The second-order valence-corrected chi connectivity index (χ2v) is 8.90. The van der Waals surface area contributed by atoms with Crippen LogP contribution in [0.1, 0.15) is 96.0 Å². The zero-order valence-electron chi connectivity index (χ0n) is 18.5. The molecule has 1 rings (SSSR count). The van der Waals surface area contributed by atoms with E-state index in [9.17, 15) is 5.11 Å². The molecule has 1 aromatic carbocycles. The first kappa shape index (κ1) is 24.2. The van der Waals surface area contributed by atoms with Crippen LogP contribution in [0.5, 0.6) is 0 Å². The summed E-state index contributed by atoms with van der Waals surface area (Å²) in [5.41, 5.74) is 1.32. The standard InChI is InChI=1S/C25H46NO/c1-4-5-6-7-8-9-10-11-12-13-14-18-23-26(2,3)25(27)22-21-24-19-16-15-17-20-24/h15-17,19-20,25,27H,4-14,18,21-23H2,1-3H3/q+1/t25-/m0/s1. The van der Waals surface area contributed by atoms with Gasteiger partial charge < -0.3 is 9.59 Å². The van der Waals surface area contributed by atoms with Crippen LogP contribution in [-0.2, 0) is 6.42 Å². The van der Waals surface area contributed by atoms with Crippen LogP contribution < -0.4 is 0 Å². The van der Waals surface area contributed by atoms with Crippen LogP contribution in [0.3, 0.4) is 0 Å². The molecule has 2 nitrogen and oxygen atoms in total. The minimum absolute atomic E-state index is 0.266. The van der Waals surface area contributed by atoms with E-state index < -0.39 is 0 Å². The molecule has 0 bridgehead atoms. The lowest BCUT2D eigenvalue weighted by Gasteiger charge is -2.35. The zero-order chi connectivity index (χ0) is 19.8. The van der Waals surface area contributed by atoms with Crippen molar-refractivity contribution in [3.63, 3.8) is 0 Å². The van der Waals surface area contributed by atoms with Crippen LogP contribution in [0.4, 0.5) is 0 Å². The van der Waals surface area contributed by atoms with E-state index in [1.54, 1.807) is 0 Å². The van der Waals surface area contributed by atoms with E-state index in [0.29, 0.717) is 0 Å². The summed E-state index contributed by atoms with van der Waals surface area (Å²) in [6, 6.07) is 10.5. The molecule has 0 aliphatic heterocycles. The number of aryl methyl sites for hydroxylation is 1. The van der Waals surface area contributed by atoms with Crippen LogP contribution in [-0.4, -0.2) is 36.5 Å². The van der Waals surface area contributed by atoms with Gasteiger partial charge in [-0.1, -0.05) is 101 Å². The molecule has 0 aliphatic rings. The van der Waals surface area contributed by atoms with E-state index >= 15 is 0 Å². The van der Waals surface area contributed by atoms with E-state index in [2.05, 4.69) is 45.3 Å². The quantitative estimate of drug-likeness (QED) is 0.182. The lowest BCUT2D eigenvalue weighted by molar-refractivity contribution is -0.937. The van der Waals surface area contributed by atoms with Crippen LogP contribution in [0.15, 0.2) is 30.3 Å². The van der Waals surface area contributed by atoms with Gasteiger partial charge in [-0.2, -0.15) is 0 Å². The summed E-state index contributed by atoms with van der Waals surface area (Å²) >= 11 is 0. The maximum absolute atomic E-state index is 10.6. The van der Waals surface area contributed by atoms with Crippen molar-refractivity contribution >= 4 is 0 Å². The largest absolute Gasteiger partial charge is 0.345 e. The van der Waals surface area contributed by atoms with Gasteiger partial charge in [0.05, 0.1) is 20.6 Å². The van der Waals surface area contributed by atoms with Crippen molar-refractivity contribution < 1.29 is 9.59 Å². The van der Waals surface area contributed by atoms with E-state index in [0.717, 1.165) is 23.9 Å². The Kier molecular flexibility index (Phi) is 13.5. The van der Waals surface area contributed by atoms with E-state index in [4.69, 9.17) is 0 Å². The minimum Gasteiger partial charge on any atom is -0.345 e. The van der Waals surface area contributed by atoms with Gasteiger partial charge in [-0.25, -0.2) is 0 Å². The molecule has 0 saturated carbocycles. The molecule has 0 amide bonds. The van der Waals surface area contributed by atoms with Crippen molar-refractivity contribution in [1.29, 1.82) is 0 Å². The number of quaternary nitrogens is 1. The van der Waals surface area contributed by atoms with Gasteiger partial charge in [-0.3, -0.25) is 0 Å². The molecular weight excluding hydrogens is 330 g/mol. The number of hydrogen-bond donors (Lipinski definition) is 1. The smallest absolute Gasteiger partial charge is 0.190 e. The molecule has 156 valence electrons. The van der Waals surface area contributed by atoms with Gasteiger partial charge in [0, 0.05) is 6.42 Å². The minimum atomic E-state index is -0.266. The van der Waals surface area contributed by atoms with Crippen LogP contribution in [0.2, 0.25) is 0 Å². The number of hydrogen-bond acceptors (Lipinski definition) is 1. The zero-order valence-corrected chi connectivity index (χ0v) is 18.5. The van der Waals surface area contributed by atoms with Crippen molar-refractivity contribution in [3.05, 3.63) is 35.9 Å². The van der Waals surface area contributed by atoms with Gasteiger partial charge in [0.1, 0.15) is 0 Å². The molecule has 1 aromatic rings. The molecule has 0 saturated heterocycles. The molecule has 27 heavy (non-hydrogen) atoms. The molecule has 0 unspecified atom stereocenters. The normalized spacial score (nSPS) is 13.0. The second kappa shape index (κ2) is 15.1. The fraction of sp³-hybridized carbons (Fsp3) is 0.760. The highest BCUT2D eigenvalue weighted by molar-refractivity contribution is 5.14. The highest BCUT2D eigenvalue weighted by Crippen LogP contribution is 2.16. The Bertz CT molecular complexity index is 443. The molecule has 2 heteroatoms. The third kappa shape index (κ3) is 12.3. The average molecular weight is 377 g/mol. The van der Waals surface area contributed by atoms with Gasteiger partial charge >= 0.3 is 0 Å². The number of nitrogens with zero attached hydrogens (tertiary/aromatic N) is 1. The van der Waals surface area contributed by atoms with E-state index in [1.807, 2.05) is 6.07 Å². The van der Waals surface area contributed by atoms with Crippen LogP contribution in [0, 0.1) is 0 Å². The van der Waals surface area contributed by atoms with Gasteiger partial charge in [0.15, 0.2) is 6.23 Å². The Labute approximate surface area is 169 Å². The maximum Gasteiger partial charge on any atom is 0.190 e.